The van der Waals surface area contributed by atoms with E-state index in [0.29, 0.717) is 5.82 Å². The van der Waals surface area contributed by atoms with Crippen LogP contribution in [-0.2, 0) is 0 Å². The van der Waals surface area contributed by atoms with E-state index < -0.39 is 0 Å². The lowest BCUT2D eigenvalue weighted by molar-refractivity contribution is 0.772. The van der Waals surface area contributed by atoms with Crippen LogP contribution in [0, 0.1) is 6.92 Å². The fourth-order valence-electron chi connectivity index (χ4n) is 1.56. The maximum Gasteiger partial charge on any atom is 0.149 e. The zero-order valence-corrected chi connectivity index (χ0v) is 10.8. The minimum Gasteiger partial charge on any atom is -0.363 e. The highest BCUT2D eigenvalue weighted by Crippen LogP contribution is 2.17. The van der Waals surface area contributed by atoms with Crippen LogP contribution in [-0.4, -0.2) is 29.0 Å². The molecular formula is C13H17N5. The van der Waals surface area contributed by atoms with Gasteiger partial charge in [-0.25, -0.2) is 15.0 Å². The predicted molar refractivity (Wildman–Crippen MR) is 71.4 cm³/mol. The van der Waals surface area contributed by atoms with Crippen LogP contribution < -0.4 is 10.6 Å². The van der Waals surface area contributed by atoms with Gasteiger partial charge in [0.2, 0.25) is 0 Å². The van der Waals surface area contributed by atoms with Crippen molar-refractivity contribution in [1.82, 2.24) is 15.0 Å². The quantitative estimate of drug-likeness (QED) is 0.880. The number of hydrogen-bond donors (Lipinski definition) is 1. The Morgan fingerprint density at radius 2 is 1.72 bits per heavy atom. The summed E-state index contributed by atoms with van der Waals surface area (Å²) in [4.78, 5) is 14.8. The molecule has 5 nitrogen and oxygen atoms in total. The number of nitrogens with two attached hydrogens (primary N) is 1. The highest BCUT2D eigenvalue weighted by atomic mass is 15.1. The van der Waals surface area contributed by atoms with Gasteiger partial charge >= 0.3 is 0 Å². The van der Waals surface area contributed by atoms with E-state index in [2.05, 4.69) is 15.0 Å². The second-order valence-electron chi connectivity index (χ2n) is 4.44. The molecule has 5 heteroatoms. The van der Waals surface area contributed by atoms with Gasteiger partial charge in [0.25, 0.3) is 0 Å². The van der Waals surface area contributed by atoms with E-state index in [0.717, 1.165) is 16.9 Å². The first kappa shape index (κ1) is 12.4. The molecule has 0 aliphatic carbocycles. The lowest BCUT2D eigenvalue weighted by atomic mass is 10.1. The average molecular weight is 243 g/mol. The van der Waals surface area contributed by atoms with Crippen LogP contribution in [0.3, 0.4) is 0 Å². The SMILES string of the molecule is Cc1cnc(C(N)c2ccc(N(C)C)nc2)nc1. The third-order valence-corrected chi connectivity index (χ3v) is 2.67. The van der Waals surface area contributed by atoms with E-state index in [-0.39, 0.29) is 6.04 Å². The average Bonchev–Trinajstić information content (AvgIpc) is 2.39. The van der Waals surface area contributed by atoms with Crippen LogP contribution in [0.4, 0.5) is 5.82 Å². The van der Waals surface area contributed by atoms with Gasteiger partial charge < -0.3 is 10.6 Å². The summed E-state index contributed by atoms with van der Waals surface area (Å²) in [6.45, 7) is 1.95. The number of nitrogens with zero attached hydrogens (tertiary/aromatic N) is 4. The highest BCUT2D eigenvalue weighted by molar-refractivity contribution is 5.38. The molecule has 0 aliphatic rings. The highest BCUT2D eigenvalue weighted by Gasteiger charge is 2.12. The maximum atomic E-state index is 6.11. The molecule has 0 spiro atoms. The molecule has 2 N–H and O–H groups in total. The van der Waals surface area contributed by atoms with Crippen LogP contribution in [0.2, 0.25) is 0 Å². The van der Waals surface area contributed by atoms with Gasteiger partial charge in [0.15, 0.2) is 0 Å². The van der Waals surface area contributed by atoms with Gasteiger partial charge in [-0.15, -0.1) is 0 Å². The lowest BCUT2D eigenvalue weighted by Crippen LogP contribution is -2.16. The van der Waals surface area contributed by atoms with Gasteiger partial charge in [-0.3, -0.25) is 0 Å². The van der Waals surface area contributed by atoms with Crippen LogP contribution in [0.5, 0.6) is 0 Å². The van der Waals surface area contributed by atoms with E-state index in [9.17, 15) is 0 Å². The van der Waals surface area contributed by atoms with E-state index in [1.165, 1.54) is 0 Å². The Morgan fingerprint density at radius 1 is 1.06 bits per heavy atom. The summed E-state index contributed by atoms with van der Waals surface area (Å²) in [5.74, 6) is 1.51. The largest absolute Gasteiger partial charge is 0.363 e. The molecule has 94 valence electrons. The summed E-state index contributed by atoms with van der Waals surface area (Å²) in [5.41, 5.74) is 8.04. The second-order valence-corrected chi connectivity index (χ2v) is 4.44. The number of aryl methyl sites for hydroxylation is 1. The Labute approximate surface area is 107 Å². The Balaban J connectivity index is 2.23. The standard InChI is InChI=1S/C13H17N5/c1-9-6-16-13(17-7-9)12(14)10-4-5-11(15-8-10)18(2)3/h4-8,12H,14H2,1-3H3. The summed E-state index contributed by atoms with van der Waals surface area (Å²) < 4.78 is 0. The Morgan fingerprint density at radius 3 is 2.22 bits per heavy atom. The number of aromatic nitrogens is 3. The predicted octanol–water partition coefficient (Wildman–Crippen LogP) is 1.29. The maximum absolute atomic E-state index is 6.11. The zero-order valence-electron chi connectivity index (χ0n) is 10.8. The molecule has 0 aromatic carbocycles. The summed E-state index contributed by atoms with van der Waals surface area (Å²) in [6.07, 6.45) is 5.30. The summed E-state index contributed by atoms with van der Waals surface area (Å²) >= 11 is 0. The van der Waals surface area contributed by atoms with Crippen LogP contribution in [0.15, 0.2) is 30.7 Å². The van der Waals surface area contributed by atoms with E-state index in [1.54, 1.807) is 18.6 Å². The molecule has 0 fully saturated rings. The molecule has 1 atom stereocenters. The summed E-state index contributed by atoms with van der Waals surface area (Å²) in [5, 5.41) is 0. The van der Waals surface area contributed by atoms with Gasteiger partial charge in [0, 0.05) is 32.7 Å². The first-order valence-corrected chi connectivity index (χ1v) is 5.75. The fourth-order valence-corrected chi connectivity index (χ4v) is 1.56. The number of rotatable bonds is 3. The molecule has 0 aliphatic heterocycles. The third kappa shape index (κ3) is 2.62. The van der Waals surface area contributed by atoms with Gasteiger partial charge in [-0.05, 0) is 24.1 Å². The van der Waals surface area contributed by atoms with Gasteiger partial charge in [0.05, 0.1) is 6.04 Å². The van der Waals surface area contributed by atoms with Crippen molar-refractivity contribution in [3.05, 3.63) is 47.7 Å². The fraction of sp³-hybridized carbons (Fsp3) is 0.308. The normalized spacial score (nSPS) is 12.2. The van der Waals surface area contributed by atoms with Crippen LogP contribution in [0.25, 0.3) is 0 Å². The Hall–Kier alpha value is -2.01. The topological polar surface area (TPSA) is 67.9 Å². The second kappa shape index (κ2) is 5.10. The lowest BCUT2D eigenvalue weighted by Gasteiger charge is -2.14. The number of anilines is 1. The molecule has 0 bridgehead atoms. The molecule has 0 radical (unpaired) electrons. The van der Waals surface area contributed by atoms with Gasteiger partial charge in [0.1, 0.15) is 11.6 Å². The molecule has 2 aromatic heterocycles. The molecule has 0 saturated carbocycles. The molecule has 2 rings (SSSR count). The number of hydrogen-bond acceptors (Lipinski definition) is 5. The van der Waals surface area contributed by atoms with Crippen molar-refractivity contribution in [1.29, 1.82) is 0 Å². The van der Waals surface area contributed by atoms with Gasteiger partial charge in [-0.1, -0.05) is 6.07 Å². The van der Waals surface area contributed by atoms with Crippen molar-refractivity contribution in [2.45, 2.75) is 13.0 Å². The molecular weight excluding hydrogens is 226 g/mol. The third-order valence-electron chi connectivity index (χ3n) is 2.67. The molecule has 18 heavy (non-hydrogen) atoms. The van der Waals surface area contributed by atoms with E-state index >= 15 is 0 Å². The molecule has 0 saturated heterocycles. The van der Waals surface area contributed by atoms with Crippen molar-refractivity contribution >= 4 is 5.82 Å². The van der Waals surface area contributed by atoms with E-state index in [4.69, 9.17) is 5.73 Å². The van der Waals surface area contributed by atoms with Crippen molar-refractivity contribution in [3.8, 4) is 0 Å². The molecule has 2 aromatic rings. The van der Waals surface area contributed by atoms with Crippen molar-refractivity contribution in [3.63, 3.8) is 0 Å². The monoisotopic (exact) mass is 243 g/mol. The zero-order chi connectivity index (χ0) is 13.1. The number of pyridine rings is 1. The van der Waals surface area contributed by atoms with Crippen LogP contribution in [0.1, 0.15) is 23.0 Å². The first-order chi connectivity index (χ1) is 8.58. The minimum atomic E-state index is -0.339. The smallest absolute Gasteiger partial charge is 0.149 e. The Bertz CT molecular complexity index is 504. The van der Waals surface area contributed by atoms with Gasteiger partial charge in [-0.2, -0.15) is 0 Å². The molecule has 1 unspecified atom stereocenters. The minimum absolute atomic E-state index is 0.339. The van der Waals surface area contributed by atoms with Crippen molar-refractivity contribution < 1.29 is 0 Å². The molecule has 0 amide bonds. The first-order valence-electron chi connectivity index (χ1n) is 5.75. The molecule has 2 heterocycles. The Kier molecular flexibility index (Phi) is 3.53. The van der Waals surface area contributed by atoms with Crippen molar-refractivity contribution in [2.75, 3.05) is 19.0 Å². The summed E-state index contributed by atoms with van der Waals surface area (Å²) in [7, 11) is 3.90. The van der Waals surface area contributed by atoms with Crippen LogP contribution >= 0.6 is 0 Å². The van der Waals surface area contributed by atoms with Crippen molar-refractivity contribution in [2.24, 2.45) is 5.73 Å². The van der Waals surface area contributed by atoms with E-state index in [1.807, 2.05) is 38.1 Å². The summed E-state index contributed by atoms with van der Waals surface area (Å²) in [6, 6.07) is 3.55.